The summed E-state index contributed by atoms with van der Waals surface area (Å²) >= 11 is 0. The van der Waals surface area contributed by atoms with Crippen LogP contribution < -0.4 is 0 Å². The van der Waals surface area contributed by atoms with E-state index >= 15 is 0 Å². The van der Waals surface area contributed by atoms with E-state index in [0.29, 0.717) is 6.61 Å². The summed E-state index contributed by atoms with van der Waals surface area (Å²) in [6.45, 7) is 2.15. The molecule has 1 fully saturated rings. The minimum Gasteiger partial charge on any atom is -0.741 e. The topological polar surface area (TPSA) is 92.7 Å². The van der Waals surface area contributed by atoms with Gasteiger partial charge in [0.25, 0.3) is 0 Å². The molecule has 0 radical (unpaired) electrons. The smallest absolute Gasteiger partial charge is 0.508 e. The van der Waals surface area contributed by atoms with Gasteiger partial charge in [-0.25, -0.2) is 13.2 Å². The molecule has 142 valence electrons. The molecular formula is C14H17F3O6S2. The minimum absolute atomic E-state index is 0.0255. The van der Waals surface area contributed by atoms with E-state index < -0.39 is 21.8 Å². The van der Waals surface area contributed by atoms with Crippen molar-refractivity contribution in [3.63, 3.8) is 0 Å². The van der Waals surface area contributed by atoms with Gasteiger partial charge in [-0.05, 0) is 19.1 Å². The fourth-order valence-electron chi connectivity index (χ4n) is 1.87. The third-order valence-corrected chi connectivity index (χ3v) is 5.97. The first-order valence-corrected chi connectivity index (χ1v) is 10.1. The van der Waals surface area contributed by atoms with E-state index in [2.05, 4.69) is 24.3 Å². The highest BCUT2D eigenvalue weighted by Crippen LogP contribution is 2.25. The lowest BCUT2D eigenvalue weighted by molar-refractivity contribution is -0.0517. The number of halogens is 3. The van der Waals surface area contributed by atoms with Gasteiger partial charge in [-0.2, -0.15) is 13.2 Å². The van der Waals surface area contributed by atoms with Crippen LogP contribution in [-0.2, 0) is 30.5 Å². The molecule has 0 saturated carbocycles. The van der Waals surface area contributed by atoms with E-state index in [0.717, 1.165) is 17.9 Å². The summed E-state index contributed by atoms with van der Waals surface area (Å²) in [6.07, 6.45) is 0.435. The van der Waals surface area contributed by atoms with Crippen molar-refractivity contribution >= 4 is 27.2 Å². The van der Waals surface area contributed by atoms with Crippen LogP contribution in [0.1, 0.15) is 13.3 Å². The fourth-order valence-corrected chi connectivity index (χ4v) is 4.24. The molecule has 0 N–H and O–H groups in total. The van der Waals surface area contributed by atoms with Gasteiger partial charge in [-0.3, -0.25) is 0 Å². The number of benzene rings is 1. The van der Waals surface area contributed by atoms with Crippen molar-refractivity contribution in [2.45, 2.75) is 29.9 Å². The van der Waals surface area contributed by atoms with Gasteiger partial charge in [0, 0.05) is 17.3 Å². The van der Waals surface area contributed by atoms with Gasteiger partial charge >= 0.3 is 11.7 Å². The van der Waals surface area contributed by atoms with Crippen LogP contribution in [0, 0.1) is 0 Å². The largest absolute Gasteiger partial charge is 0.741 e. The third-order valence-electron chi connectivity index (χ3n) is 2.96. The molecular weight excluding hydrogens is 385 g/mol. The van der Waals surface area contributed by atoms with E-state index in [1.54, 1.807) is 6.92 Å². The Balaban J connectivity index is 0.000000333. The quantitative estimate of drug-likeness (QED) is 0.334. The average molecular weight is 402 g/mol. The SMILES string of the molecule is CCOC(=O)OC1CC[S+](c2ccccc2)C1.O=S(=O)([O-])C(F)(F)F. The number of hydrogen-bond donors (Lipinski definition) is 0. The Morgan fingerprint density at radius 1 is 1.32 bits per heavy atom. The Morgan fingerprint density at radius 2 is 1.88 bits per heavy atom. The highest BCUT2D eigenvalue weighted by molar-refractivity contribution is 7.97. The van der Waals surface area contributed by atoms with Crippen molar-refractivity contribution in [2.75, 3.05) is 18.1 Å². The zero-order valence-electron chi connectivity index (χ0n) is 13.2. The summed E-state index contributed by atoms with van der Waals surface area (Å²) < 4.78 is 68.9. The second-order valence-electron chi connectivity index (χ2n) is 4.79. The Morgan fingerprint density at radius 3 is 2.36 bits per heavy atom. The fraction of sp³-hybridized carbons (Fsp3) is 0.500. The van der Waals surface area contributed by atoms with Crippen LogP contribution >= 0.6 is 0 Å². The Hall–Kier alpha value is -1.46. The zero-order valence-corrected chi connectivity index (χ0v) is 14.8. The molecule has 1 aromatic carbocycles. The Labute approximate surface area is 146 Å². The molecule has 11 heteroatoms. The monoisotopic (exact) mass is 402 g/mol. The summed E-state index contributed by atoms with van der Waals surface area (Å²) in [5, 5.41) is 0. The molecule has 2 atom stereocenters. The summed E-state index contributed by atoms with van der Waals surface area (Å²) in [6, 6.07) is 10.4. The van der Waals surface area contributed by atoms with E-state index in [-0.39, 0.29) is 17.0 Å². The van der Waals surface area contributed by atoms with Crippen LogP contribution in [0.25, 0.3) is 0 Å². The van der Waals surface area contributed by atoms with Gasteiger partial charge < -0.3 is 14.0 Å². The molecule has 0 spiro atoms. The normalized spacial score (nSPS) is 20.4. The maximum Gasteiger partial charge on any atom is 0.508 e. The molecule has 1 saturated heterocycles. The first-order valence-electron chi connectivity index (χ1n) is 7.12. The molecule has 0 aliphatic carbocycles. The van der Waals surface area contributed by atoms with Crippen LogP contribution in [0.15, 0.2) is 35.2 Å². The lowest BCUT2D eigenvalue weighted by atomic mass is 10.3. The molecule has 0 aromatic heterocycles. The second-order valence-corrected chi connectivity index (χ2v) is 8.36. The van der Waals surface area contributed by atoms with Crippen LogP contribution in [0.4, 0.5) is 18.0 Å². The molecule has 2 rings (SSSR count). The molecule has 0 bridgehead atoms. The summed E-state index contributed by atoms with van der Waals surface area (Å²) in [7, 11) is -5.86. The van der Waals surface area contributed by atoms with Crippen LogP contribution in [-0.4, -0.2) is 48.9 Å². The molecule has 0 amide bonds. The van der Waals surface area contributed by atoms with Crippen LogP contribution in [0.3, 0.4) is 0 Å². The van der Waals surface area contributed by atoms with Gasteiger partial charge in [0.1, 0.15) is 5.75 Å². The van der Waals surface area contributed by atoms with E-state index in [1.807, 2.05) is 6.07 Å². The van der Waals surface area contributed by atoms with Crippen molar-refractivity contribution in [1.29, 1.82) is 0 Å². The Kier molecular flexibility index (Phi) is 8.03. The Bertz CT molecular complexity index is 648. The highest BCUT2D eigenvalue weighted by Gasteiger charge is 2.37. The van der Waals surface area contributed by atoms with Gasteiger partial charge in [-0.1, -0.05) is 18.2 Å². The standard InChI is InChI=1S/C13H17O3S.CHF3O3S/c1-2-15-13(14)16-11-8-9-17(10-11)12-6-4-3-5-7-12;2-1(3,4)8(5,6)7/h3-7,11H,2,8-10H2,1H3;(H,5,6,7)/q+1;/p-1. The number of hydrogen-bond acceptors (Lipinski definition) is 6. The number of rotatable bonds is 3. The first-order chi connectivity index (χ1) is 11.5. The minimum atomic E-state index is -6.09. The highest BCUT2D eigenvalue weighted by atomic mass is 32.2. The molecule has 2 unspecified atom stereocenters. The van der Waals surface area contributed by atoms with Gasteiger partial charge in [-0.15, -0.1) is 0 Å². The third kappa shape index (κ3) is 7.53. The van der Waals surface area contributed by atoms with E-state index in [9.17, 15) is 18.0 Å². The van der Waals surface area contributed by atoms with Crippen molar-refractivity contribution in [1.82, 2.24) is 0 Å². The molecule has 6 nitrogen and oxygen atoms in total. The number of alkyl halides is 3. The van der Waals surface area contributed by atoms with Gasteiger partial charge in [0.15, 0.2) is 26.9 Å². The first kappa shape index (κ1) is 21.6. The van der Waals surface area contributed by atoms with Gasteiger partial charge in [0.05, 0.1) is 6.61 Å². The lowest BCUT2D eigenvalue weighted by Gasteiger charge is -2.08. The molecule has 1 aromatic rings. The zero-order chi connectivity index (χ0) is 19.1. The maximum atomic E-state index is 11.2. The second kappa shape index (κ2) is 9.30. The van der Waals surface area contributed by atoms with Crippen molar-refractivity contribution in [3.05, 3.63) is 30.3 Å². The summed E-state index contributed by atoms with van der Waals surface area (Å²) in [5.41, 5.74) is -5.65. The van der Waals surface area contributed by atoms with Crippen molar-refractivity contribution in [2.24, 2.45) is 0 Å². The van der Waals surface area contributed by atoms with Crippen molar-refractivity contribution < 1.29 is 40.4 Å². The number of carbonyl (C=O) groups is 1. The average Bonchev–Trinajstić information content (AvgIpc) is 2.95. The summed E-state index contributed by atoms with van der Waals surface area (Å²) in [5.74, 6) is 2.04. The van der Waals surface area contributed by atoms with Crippen molar-refractivity contribution in [3.8, 4) is 0 Å². The molecule has 1 aliphatic heterocycles. The predicted molar refractivity (Wildman–Crippen MR) is 84.1 cm³/mol. The number of ether oxygens (including phenoxy) is 2. The van der Waals surface area contributed by atoms with E-state index in [4.69, 9.17) is 22.4 Å². The molecule has 25 heavy (non-hydrogen) atoms. The lowest BCUT2D eigenvalue weighted by Crippen LogP contribution is -2.21. The molecule has 1 heterocycles. The maximum absolute atomic E-state index is 11.2. The summed E-state index contributed by atoms with van der Waals surface area (Å²) in [4.78, 5) is 12.6. The number of carbonyl (C=O) groups excluding carboxylic acids is 1. The van der Waals surface area contributed by atoms with Crippen LogP contribution in [0.2, 0.25) is 0 Å². The predicted octanol–water partition coefficient (Wildman–Crippen LogP) is 2.66. The van der Waals surface area contributed by atoms with Gasteiger partial charge in [0.2, 0.25) is 0 Å². The van der Waals surface area contributed by atoms with Crippen LogP contribution in [0.5, 0.6) is 0 Å². The van der Waals surface area contributed by atoms with E-state index in [1.165, 1.54) is 4.90 Å². The molecule has 1 aliphatic rings.